The summed E-state index contributed by atoms with van der Waals surface area (Å²) < 4.78 is 11.3. The Kier molecular flexibility index (Phi) is 7.72. The van der Waals surface area contributed by atoms with E-state index < -0.39 is 17.8 Å². The zero-order valence-electron chi connectivity index (χ0n) is 17.9. The Morgan fingerprint density at radius 3 is 2.53 bits per heavy atom. The van der Waals surface area contributed by atoms with Gasteiger partial charge in [-0.3, -0.25) is 19.8 Å². The molecule has 1 N–H and O–H groups in total. The predicted molar refractivity (Wildman–Crippen MR) is 124 cm³/mol. The van der Waals surface area contributed by atoms with Crippen LogP contribution in [0.2, 0.25) is 0 Å². The first kappa shape index (κ1) is 23.1. The summed E-state index contributed by atoms with van der Waals surface area (Å²) in [6.07, 6.45) is 2.83. The molecule has 0 unspecified atom stereocenters. The van der Waals surface area contributed by atoms with Crippen LogP contribution in [0.15, 0.2) is 65.6 Å². The van der Waals surface area contributed by atoms with E-state index in [2.05, 4.69) is 43.1 Å². The summed E-state index contributed by atoms with van der Waals surface area (Å²) in [4.78, 5) is 38.6. The van der Waals surface area contributed by atoms with Crippen LogP contribution in [0.3, 0.4) is 0 Å². The molecule has 7 nitrogen and oxygen atoms in total. The summed E-state index contributed by atoms with van der Waals surface area (Å²) in [5, 5.41) is 2.16. The van der Waals surface area contributed by atoms with Crippen molar-refractivity contribution in [2.45, 2.75) is 11.8 Å². The number of benzene rings is 2. The standard InChI is InChI=1S/C24H24N2O5S/c1-4-11-26-23(28)19(22(27)25-24(26)29)14-17-7-10-20(21(15-17)30-3)31-12-13-32-18-8-5-16(2)6-9-18/h4-10,14-15H,1,11-13H2,2-3H3,(H,25,27,29)/b19-14-. The minimum atomic E-state index is -0.762. The molecule has 0 radical (unpaired) electrons. The van der Waals surface area contributed by atoms with Crippen molar-refractivity contribution >= 4 is 35.7 Å². The van der Waals surface area contributed by atoms with E-state index in [-0.39, 0.29) is 12.1 Å². The largest absolute Gasteiger partial charge is 0.493 e. The van der Waals surface area contributed by atoms with Gasteiger partial charge in [-0.05, 0) is 42.8 Å². The maximum absolute atomic E-state index is 12.5. The van der Waals surface area contributed by atoms with E-state index in [9.17, 15) is 14.4 Å². The number of hydrogen-bond donors (Lipinski definition) is 1. The number of methoxy groups -OCH3 is 1. The van der Waals surface area contributed by atoms with Crippen molar-refractivity contribution in [1.29, 1.82) is 0 Å². The third-order valence-corrected chi connectivity index (χ3v) is 5.60. The van der Waals surface area contributed by atoms with Gasteiger partial charge in [-0.2, -0.15) is 0 Å². The van der Waals surface area contributed by atoms with Gasteiger partial charge in [0.2, 0.25) is 0 Å². The van der Waals surface area contributed by atoms with E-state index in [0.717, 1.165) is 10.7 Å². The fourth-order valence-electron chi connectivity index (χ4n) is 2.99. The molecule has 1 aliphatic heterocycles. The van der Waals surface area contributed by atoms with Crippen LogP contribution in [0.1, 0.15) is 11.1 Å². The maximum atomic E-state index is 12.5. The number of ether oxygens (including phenoxy) is 2. The highest BCUT2D eigenvalue weighted by atomic mass is 32.2. The fourth-order valence-corrected chi connectivity index (χ4v) is 3.73. The van der Waals surface area contributed by atoms with Crippen LogP contribution in [0, 0.1) is 6.92 Å². The molecule has 0 aromatic heterocycles. The Balaban J connectivity index is 1.68. The first-order chi connectivity index (χ1) is 15.4. The Morgan fingerprint density at radius 1 is 1.09 bits per heavy atom. The molecule has 0 spiro atoms. The molecule has 0 aliphatic carbocycles. The second-order valence-corrected chi connectivity index (χ2v) is 8.11. The molecule has 2 aromatic carbocycles. The number of nitrogens with one attached hydrogen (secondary N) is 1. The second kappa shape index (κ2) is 10.7. The number of imide groups is 2. The average Bonchev–Trinajstić information content (AvgIpc) is 2.78. The van der Waals surface area contributed by atoms with E-state index in [1.807, 2.05) is 0 Å². The van der Waals surface area contributed by atoms with Gasteiger partial charge in [0, 0.05) is 17.2 Å². The number of thioether (sulfide) groups is 1. The van der Waals surface area contributed by atoms with Crippen molar-refractivity contribution in [3.8, 4) is 11.5 Å². The number of aryl methyl sites for hydroxylation is 1. The van der Waals surface area contributed by atoms with Gasteiger partial charge < -0.3 is 9.47 Å². The average molecular weight is 453 g/mol. The van der Waals surface area contributed by atoms with Crippen LogP contribution in [0.25, 0.3) is 6.08 Å². The smallest absolute Gasteiger partial charge is 0.331 e. The normalized spacial score (nSPS) is 15.0. The van der Waals surface area contributed by atoms with Gasteiger partial charge in [-0.1, -0.05) is 29.8 Å². The zero-order chi connectivity index (χ0) is 23.1. The molecule has 4 amide bonds. The van der Waals surface area contributed by atoms with Crippen molar-refractivity contribution in [2.75, 3.05) is 26.0 Å². The van der Waals surface area contributed by atoms with Crippen molar-refractivity contribution in [3.05, 3.63) is 71.8 Å². The minimum Gasteiger partial charge on any atom is -0.493 e. The molecule has 0 atom stereocenters. The van der Waals surface area contributed by atoms with Gasteiger partial charge in [0.15, 0.2) is 11.5 Å². The summed E-state index contributed by atoms with van der Waals surface area (Å²) in [6.45, 7) is 6.06. The lowest BCUT2D eigenvalue weighted by Gasteiger charge is -2.25. The number of barbiturate groups is 1. The van der Waals surface area contributed by atoms with E-state index in [4.69, 9.17) is 9.47 Å². The molecule has 2 aromatic rings. The highest BCUT2D eigenvalue weighted by Gasteiger charge is 2.34. The van der Waals surface area contributed by atoms with E-state index in [1.165, 1.54) is 29.7 Å². The first-order valence-corrected chi connectivity index (χ1v) is 10.9. The molecule has 166 valence electrons. The lowest BCUT2D eigenvalue weighted by molar-refractivity contribution is -0.129. The molecule has 1 heterocycles. The summed E-state index contributed by atoms with van der Waals surface area (Å²) in [5.74, 6) is 0.378. The van der Waals surface area contributed by atoms with Crippen LogP contribution in [-0.4, -0.2) is 48.8 Å². The van der Waals surface area contributed by atoms with E-state index in [0.29, 0.717) is 23.7 Å². The highest BCUT2D eigenvalue weighted by Crippen LogP contribution is 2.30. The van der Waals surface area contributed by atoms with Crippen LogP contribution in [0.5, 0.6) is 11.5 Å². The van der Waals surface area contributed by atoms with Crippen molar-refractivity contribution in [3.63, 3.8) is 0 Å². The second-order valence-electron chi connectivity index (χ2n) is 6.94. The number of urea groups is 1. The van der Waals surface area contributed by atoms with Gasteiger partial charge in [-0.15, -0.1) is 18.3 Å². The summed E-state index contributed by atoms with van der Waals surface area (Å²) in [6, 6.07) is 12.6. The maximum Gasteiger partial charge on any atom is 0.331 e. The van der Waals surface area contributed by atoms with Gasteiger partial charge in [0.1, 0.15) is 5.57 Å². The third kappa shape index (κ3) is 5.59. The number of hydrogen-bond acceptors (Lipinski definition) is 6. The number of amides is 4. The minimum absolute atomic E-state index is 0.00594. The molecule has 1 saturated heterocycles. The van der Waals surface area contributed by atoms with Crippen LogP contribution in [0.4, 0.5) is 4.79 Å². The van der Waals surface area contributed by atoms with Gasteiger partial charge in [-0.25, -0.2) is 4.79 Å². The quantitative estimate of drug-likeness (QED) is 0.205. The zero-order valence-corrected chi connectivity index (χ0v) is 18.7. The highest BCUT2D eigenvalue weighted by molar-refractivity contribution is 7.99. The third-order valence-electron chi connectivity index (χ3n) is 4.63. The molecule has 8 heteroatoms. The van der Waals surface area contributed by atoms with Gasteiger partial charge in [0.25, 0.3) is 11.8 Å². The fraction of sp³-hybridized carbons (Fsp3) is 0.208. The Hall–Kier alpha value is -3.52. The molecular formula is C24H24N2O5S. The Morgan fingerprint density at radius 2 is 1.84 bits per heavy atom. The van der Waals surface area contributed by atoms with Crippen LogP contribution >= 0.6 is 11.8 Å². The van der Waals surface area contributed by atoms with Crippen molar-refractivity contribution in [2.24, 2.45) is 0 Å². The molecule has 1 fully saturated rings. The van der Waals surface area contributed by atoms with Crippen molar-refractivity contribution < 1.29 is 23.9 Å². The van der Waals surface area contributed by atoms with Crippen molar-refractivity contribution in [1.82, 2.24) is 10.2 Å². The van der Waals surface area contributed by atoms with E-state index >= 15 is 0 Å². The SMILES string of the molecule is C=CCN1C(=O)NC(=O)/C(=C/c2ccc(OCCSc3ccc(C)cc3)c(OC)c2)C1=O. The molecule has 0 bridgehead atoms. The predicted octanol–water partition coefficient (Wildman–Crippen LogP) is 3.82. The molecular weight excluding hydrogens is 428 g/mol. The lowest BCUT2D eigenvalue weighted by Crippen LogP contribution is -2.54. The summed E-state index contributed by atoms with van der Waals surface area (Å²) in [7, 11) is 1.52. The topological polar surface area (TPSA) is 84.9 Å². The van der Waals surface area contributed by atoms with Crippen LogP contribution in [-0.2, 0) is 9.59 Å². The monoisotopic (exact) mass is 452 g/mol. The molecule has 32 heavy (non-hydrogen) atoms. The first-order valence-electron chi connectivity index (χ1n) is 9.93. The number of carbonyl (C=O) groups excluding carboxylic acids is 3. The number of rotatable bonds is 9. The molecule has 0 saturated carbocycles. The summed E-state index contributed by atoms with van der Waals surface area (Å²) >= 11 is 1.70. The van der Waals surface area contributed by atoms with Crippen LogP contribution < -0.4 is 14.8 Å². The number of carbonyl (C=O) groups is 3. The lowest BCUT2D eigenvalue weighted by atomic mass is 10.1. The Labute approximate surface area is 191 Å². The van der Waals surface area contributed by atoms with Gasteiger partial charge in [0.05, 0.1) is 13.7 Å². The Bertz CT molecular complexity index is 1060. The molecule has 3 rings (SSSR count). The number of nitrogens with zero attached hydrogens (tertiary/aromatic N) is 1. The summed E-state index contributed by atoms with van der Waals surface area (Å²) in [5.41, 5.74) is 1.64. The molecule has 1 aliphatic rings. The van der Waals surface area contributed by atoms with Gasteiger partial charge >= 0.3 is 6.03 Å². The van der Waals surface area contributed by atoms with E-state index in [1.54, 1.807) is 30.0 Å².